The summed E-state index contributed by atoms with van der Waals surface area (Å²) in [7, 11) is -2.89. The van der Waals surface area contributed by atoms with Crippen molar-refractivity contribution in [1.82, 2.24) is 0 Å². The number of thioether (sulfide) groups is 1. The van der Waals surface area contributed by atoms with Crippen LogP contribution in [0.1, 0.15) is 0 Å². The van der Waals surface area contributed by atoms with E-state index in [0.717, 1.165) is 10.9 Å². The fourth-order valence-corrected chi connectivity index (χ4v) is 5.94. The van der Waals surface area contributed by atoms with Crippen LogP contribution in [0.25, 0.3) is 0 Å². The van der Waals surface area contributed by atoms with Gasteiger partial charge < -0.3 is 5.32 Å². The molecule has 2 atom stereocenters. The first-order chi connectivity index (χ1) is 8.53. The van der Waals surface area contributed by atoms with E-state index in [-0.39, 0.29) is 22.8 Å². The molecular formula is C11H11ClN2O2S2. The summed E-state index contributed by atoms with van der Waals surface area (Å²) in [5.74, 6) is 0.387. The zero-order chi connectivity index (χ0) is 12.8. The van der Waals surface area contributed by atoms with E-state index in [9.17, 15) is 8.42 Å². The minimum atomic E-state index is -2.89. The lowest BCUT2D eigenvalue weighted by Gasteiger charge is -2.07. The van der Waals surface area contributed by atoms with Crippen molar-refractivity contribution < 1.29 is 8.42 Å². The molecule has 2 aliphatic heterocycles. The molecule has 0 amide bonds. The summed E-state index contributed by atoms with van der Waals surface area (Å²) in [5.41, 5.74) is 0.799. The van der Waals surface area contributed by atoms with E-state index in [1.54, 1.807) is 6.07 Å². The van der Waals surface area contributed by atoms with Crippen molar-refractivity contribution in [2.24, 2.45) is 4.99 Å². The molecule has 96 valence electrons. The van der Waals surface area contributed by atoms with Crippen molar-refractivity contribution in [2.45, 2.75) is 11.3 Å². The third-order valence-electron chi connectivity index (χ3n) is 2.93. The van der Waals surface area contributed by atoms with Crippen molar-refractivity contribution in [1.29, 1.82) is 0 Å². The number of rotatable bonds is 1. The number of aliphatic imine (C=N–C) groups is 1. The lowest BCUT2D eigenvalue weighted by Crippen LogP contribution is -2.13. The summed E-state index contributed by atoms with van der Waals surface area (Å²) in [6.07, 6.45) is 0. The first-order valence-corrected chi connectivity index (χ1v) is 8.58. The summed E-state index contributed by atoms with van der Waals surface area (Å²) >= 11 is 7.53. The predicted molar refractivity (Wildman–Crippen MR) is 76.3 cm³/mol. The van der Waals surface area contributed by atoms with Gasteiger partial charge in [0.25, 0.3) is 0 Å². The smallest absolute Gasteiger partial charge is 0.161 e. The van der Waals surface area contributed by atoms with E-state index < -0.39 is 9.84 Å². The van der Waals surface area contributed by atoms with Gasteiger partial charge in [0.05, 0.1) is 28.3 Å². The van der Waals surface area contributed by atoms with E-state index in [1.165, 1.54) is 11.8 Å². The highest BCUT2D eigenvalue weighted by atomic mass is 35.5. The number of amidine groups is 1. The van der Waals surface area contributed by atoms with Gasteiger partial charge >= 0.3 is 0 Å². The summed E-state index contributed by atoms with van der Waals surface area (Å²) in [5, 5.41) is 4.59. The molecule has 18 heavy (non-hydrogen) atoms. The molecule has 1 saturated heterocycles. The Morgan fingerprint density at radius 1 is 1.33 bits per heavy atom. The largest absolute Gasteiger partial charge is 0.334 e. The Morgan fingerprint density at radius 2 is 2.11 bits per heavy atom. The Balaban J connectivity index is 1.76. The highest BCUT2D eigenvalue weighted by Crippen LogP contribution is 2.35. The van der Waals surface area contributed by atoms with Crippen LogP contribution in [0, 0.1) is 0 Å². The maximum atomic E-state index is 11.4. The van der Waals surface area contributed by atoms with Crippen LogP contribution in [0.15, 0.2) is 29.3 Å². The van der Waals surface area contributed by atoms with Crippen LogP contribution < -0.4 is 5.32 Å². The molecule has 0 saturated carbocycles. The van der Waals surface area contributed by atoms with Gasteiger partial charge in [-0.1, -0.05) is 35.5 Å². The van der Waals surface area contributed by atoms with E-state index in [4.69, 9.17) is 11.6 Å². The van der Waals surface area contributed by atoms with Gasteiger partial charge in [-0.05, 0) is 12.1 Å². The maximum Gasteiger partial charge on any atom is 0.161 e. The first kappa shape index (κ1) is 12.3. The Labute approximate surface area is 115 Å². The summed E-state index contributed by atoms with van der Waals surface area (Å²) < 4.78 is 22.9. The molecule has 1 N–H and O–H groups in total. The number of nitrogens with zero attached hydrogens (tertiary/aromatic N) is 1. The summed E-state index contributed by atoms with van der Waals surface area (Å²) in [6, 6.07) is 7.31. The molecule has 0 aliphatic carbocycles. The molecule has 0 radical (unpaired) electrons. The van der Waals surface area contributed by atoms with Crippen LogP contribution in [0.3, 0.4) is 0 Å². The van der Waals surface area contributed by atoms with Crippen LogP contribution in [-0.2, 0) is 9.84 Å². The Bertz CT molecular complexity index is 615. The van der Waals surface area contributed by atoms with Gasteiger partial charge in [0.1, 0.15) is 0 Å². The number of para-hydroxylation sites is 1. The number of hydrogen-bond donors (Lipinski definition) is 1. The minimum Gasteiger partial charge on any atom is -0.334 e. The second kappa shape index (κ2) is 4.43. The average molecular weight is 303 g/mol. The SMILES string of the molecule is O=S1(=O)C[C@@H]2SC(Nc3ccccc3Cl)=N[C@@H]2C1. The maximum absolute atomic E-state index is 11.4. The van der Waals surface area contributed by atoms with E-state index in [0.29, 0.717) is 5.02 Å². The quantitative estimate of drug-likeness (QED) is 0.862. The van der Waals surface area contributed by atoms with Crippen LogP contribution in [0.4, 0.5) is 5.69 Å². The molecule has 2 aliphatic rings. The van der Waals surface area contributed by atoms with Crippen molar-refractivity contribution in [3.8, 4) is 0 Å². The highest BCUT2D eigenvalue weighted by molar-refractivity contribution is 8.15. The number of sulfone groups is 1. The van der Waals surface area contributed by atoms with Crippen LogP contribution in [-0.4, -0.2) is 36.4 Å². The monoisotopic (exact) mass is 302 g/mol. The van der Waals surface area contributed by atoms with Gasteiger partial charge in [0.15, 0.2) is 15.0 Å². The zero-order valence-corrected chi connectivity index (χ0v) is 11.7. The topological polar surface area (TPSA) is 58.5 Å². The van der Waals surface area contributed by atoms with Crippen LogP contribution in [0.5, 0.6) is 0 Å². The molecule has 4 nitrogen and oxygen atoms in total. The van der Waals surface area contributed by atoms with E-state index in [2.05, 4.69) is 10.3 Å². The molecule has 2 heterocycles. The van der Waals surface area contributed by atoms with Crippen LogP contribution in [0.2, 0.25) is 5.02 Å². The molecule has 0 spiro atoms. The normalized spacial score (nSPS) is 28.8. The number of nitrogens with one attached hydrogen (secondary N) is 1. The van der Waals surface area contributed by atoms with Gasteiger partial charge in [0.2, 0.25) is 0 Å². The fraction of sp³-hybridized carbons (Fsp3) is 0.364. The predicted octanol–water partition coefficient (Wildman–Crippen LogP) is 2.02. The van der Waals surface area contributed by atoms with Gasteiger partial charge in [0, 0.05) is 5.25 Å². The van der Waals surface area contributed by atoms with Crippen molar-refractivity contribution in [3.63, 3.8) is 0 Å². The second-order valence-corrected chi connectivity index (χ2v) is 8.13. The first-order valence-electron chi connectivity index (χ1n) is 5.50. The third kappa shape index (κ3) is 2.37. The van der Waals surface area contributed by atoms with Gasteiger partial charge in [-0.25, -0.2) is 8.42 Å². The molecule has 3 rings (SSSR count). The Hall–Kier alpha value is -0.720. The molecule has 7 heteroatoms. The van der Waals surface area contributed by atoms with Crippen molar-refractivity contribution >= 4 is 44.1 Å². The number of halogens is 1. The highest BCUT2D eigenvalue weighted by Gasteiger charge is 2.42. The van der Waals surface area contributed by atoms with Gasteiger partial charge in [-0.3, -0.25) is 4.99 Å². The second-order valence-electron chi connectivity index (χ2n) is 4.34. The van der Waals surface area contributed by atoms with E-state index in [1.807, 2.05) is 18.2 Å². The summed E-state index contributed by atoms with van der Waals surface area (Å²) in [4.78, 5) is 4.41. The van der Waals surface area contributed by atoms with Crippen LogP contribution >= 0.6 is 23.4 Å². The number of hydrogen-bond acceptors (Lipinski definition) is 5. The fourth-order valence-electron chi connectivity index (χ4n) is 2.09. The standard InChI is InChI=1S/C11H11ClN2O2S2/c12-7-3-1-2-4-8(7)13-11-14-9-5-18(15,16)6-10(9)17-11/h1-4,9-10H,5-6H2,(H,13,14)/t9-,10+/m1/s1. The van der Waals surface area contributed by atoms with E-state index >= 15 is 0 Å². The lowest BCUT2D eigenvalue weighted by atomic mass is 10.3. The van der Waals surface area contributed by atoms with Crippen molar-refractivity contribution in [2.75, 3.05) is 16.8 Å². The minimum absolute atomic E-state index is 0.0555. The molecule has 1 fully saturated rings. The van der Waals surface area contributed by atoms with Gasteiger partial charge in [-0.15, -0.1) is 0 Å². The molecule has 0 bridgehead atoms. The molecule has 1 aromatic rings. The molecular weight excluding hydrogens is 292 g/mol. The number of benzene rings is 1. The molecule has 1 aromatic carbocycles. The summed E-state index contributed by atoms with van der Waals surface area (Å²) in [6.45, 7) is 0. The average Bonchev–Trinajstić information content (AvgIpc) is 2.74. The Kier molecular flexibility index (Phi) is 3.03. The zero-order valence-electron chi connectivity index (χ0n) is 9.34. The molecule has 0 unspecified atom stereocenters. The Morgan fingerprint density at radius 3 is 2.83 bits per heavy atom. The van der Waals surface area contributed by atoms with Crippen molar-refractivity contribution in [3.05, 3.63) is 29.3 Å². The third-order valence-corrected chi connectivity index (χ3v) is 6.40. The number of fused-ring (bicyclic) bond motifs is 1. The lowest BCUT2D eigenvalue weighted by molar-refractivity contribution is 0.601. The molecule has 0 aromatic heterocycles. The number of anilines is 1. The van der Waals surface area contributed by atoms with Gasteiger partial charge in [-0.2, -0.15) is 0 Å².